The lowest BCUT2D eigenvalue weighted by Gasteiger charge is -2.36. The van der Waals surface area contributed by atoms with Crippen LogP contribution in [0.4, 0.5) is 0 Å². The molecule has 0 aromatic carbocycles. The van der Waals surface area contributed by atoms with E-state index in [0.717, 1.165) is 37.7 Å². The van der Waals surface area contributed by atoms with E-state index >= 15 is 0 Å². The van der Waals surface area contributed by atoms with Gasteiger partial charge < -0.3 is 10.2 Å². The van der Waals surface area contributed by atoms with Crippen LogP contribution in [-0.2, 0) is 9.59 Å². The third-order valence-corrected chi connectivity index (χ3v) is 4.38. The monoisotopic (exact) mass is 294 g/mol. The highest BCUT2D eigenvalue weighted by atomic mass is 16.4. The molecule has 2 N–H and O–H groups in total. The van der Waals surface area contributed by atoms with Gasteiger partial charge in [0.1, 0.15) is 0 Å². The van der Waals surface area contributed by atoms with Gasteiger partial charge in [0.05, 0.1) is 5.41 Å². The van der Waals surface area contributed by atoms with Crippen LogP contribution in [-0.4, -0.2) is 22.2 Å². The number of unbranched alkanes of at least 4 members (excludes halogenated alkanes) is 2. The molecule has 0 saturated carbocycles. The van der Waals surface area contributed by atoms with Gasteiger partial charge in [-0.25, -0.2) is 4.79 Å². The topological polar surface area (TPSA) is 74.6 Å². The van der Waals surface area contributed by atoms with Crippen LogP contribution in [0.1, 0.15) is 65.7 Å². The highest BCUT2D eigenvalue weighted by Gasteiger charge is 2.45. The molecule has 118 valence electrons. The first-order chi connectivity index (χ1) is 9.89. The smallest absolute Gasteiger partial charge is 0.331 e. The van der Waals surface area contributed by atoms with Crippen LogP contribution in [0.5, 0.6) is 0 Å². The van der Waals surface area contributed by atoms with E-state index in [2.05, 4.69) is 6.92 Å². The van der Waals surface area contributed by atoms with E-state index in [4.69, 9.17) is 0 Å². The quantitative estimate of drug-likeness (QED) is 0.704. The zero-order valence-electron chi connectivity index (χ0n) is 13.2. The highest BCUT2D eigenvalue weighted by Crippen LogP contribution is 2.46. The number of aliphatic carboxylic acids is 2. The summed E-state index contributed by atoms with van der Waals surface area (Å²) in [7, 11) is 0. The van der Waals surface area contributed by atoms with Crippen molar-refractivity contribution in [3.05, 3.63) is 22.8 Å². The third-order valence-electron chi connectivity index (χ3n) is 4.38. The van der Waals surface area contributed by atoms with Crippen molar-refractivity contribution in [2.45, 2.75) is 65.7 Å². The molecular weight excluding hydrogens is 268 g/mol. The Hall–Kier alpha value is -1.58. The minimum atomic E-state index is -1.03. The lowest BCUT2D eigenvalue weighted by molar-refractivity contribution is -0.147. The minimum Gasteiger partial charge on any atom is -0.481 e. The maximum absolute atomic E-state index is 12.0. The van der Waals surface area contributed by atoms with Crippen LogP contribution in [0.15, 0.2) is 22.8 Å². The summed E-state index contributed by atoms with van der Waals surface area (Å²) < 4.78 is 0. The Morgan fingerprint density at radius 1 is 1.19 bits per heavy atom. The predicted molar refractivity (Wildman–Crippen MR) is 82.2 cm³/mol. The molecule has 1 aliphatic carbocycles. The van der Waals surface area contributed by atoms with Crippen molar-refractivity contribution in [1.82, 2.24) is 0 Å². The molecule has 1 rings (SSSR count). The van der Waals surface area contributed by atoms with E-state index in [-0.39, 0.29) is 12.0 Å². The van der Waals surface area contributed by atoms with Crippen LogP contribution < -0.4 is 0 Å². The molecule has 0 spiro atoms. The molecule has 1 atom stereocenters. The average molecular weight is 294 g/mol. The number of carboxylic acid groups (broad SMARTS) is 2. The van der Waals surface area contributed by atoms with Gasteiger partial charge in [-0.1, -0.05) is 44.8 Å². The molecule has 0 aromatic rings. The molecular formula is C17H26O4. The second kappa shape index (κ2) is 7.43. The van der Waals surface area contributed by atoms with Gasteiger partial charge in [-0.05, 0) is 38.2 Å². The van der Waals surface area contributed by atoms with Gasteiger partial charge >= 0.3 is 11.9 Å². The van der Waals surface area contributed by atoms with Gasteiger partial charge in [0, 0.05) is 5.57 Å². The maximum atomic E-state index is 12.0. The number of carboxylic acids is 2. The Labute approximate surface area is 126 Å². The molecule has 0 heterocycles. The standard InChI is InChI=1S/C17H26O4/c1-4-6-8-13-10-12(3)14(15(18)19)11-17(13,16(20)21)9-7-5-2/h10H,4-9,11H2,1-3H3,(H,18,19)(H,20,21). The molecule has 1 aliphatic rings. The van der Waals surface area contributed by atoms with Crippen LogP contribution >= 0.6 is 0 Å². The summed E-state index contributed by atoms with van der Waals surface area (Å²) in [6.07, 6.45) is 6.79. The van der Waals surface area contributed by atoms with Crippen molar-refractivity contribution in [1.29, 1.82) is 0 Å². The first-order valence-corrected chi connectivity index (χ1v) is 7.76. The Balaban J connectivity index is 3.27. The molecule has 4 nitrogen and oxygen atoms in total. The number of rotatable bonds is 8. The van der Waals surface area contributed by atoms with Crippen molar-refractivity contribution in [2.75, 3.05) is 0 Å². The minimum absolute atomic E-state index is 0.110. The summed E-state index contributed by atoms with van der Waals surface area (Å²) in [5.74, 6) is -1.88. The van der Waals surface area contributed by atoms with Gasteiger partial charge in [-0.3, -0.25) is 4.79 Å². The van der Waals surface area contributed by atoms with Gasteiger partial charge in [0.2, 0.25) is 0 Å². The summed E-state index contributed by atoms with van der Waals surface area (Å²) in [5, 5.41) is 19.1. The summed E-state index contributed by atoms with van der Waals surface area (Å²) in [6.45, 7) is 5.86. The van der Waals surface area contributed by atoms with Crippen molar-refractivity contribution in [3.8, 4) is 0 Å². The summed E-state index contributed by atoms with van der Waals surface area (Å²) in [4.78, 5) is 23.4. The van der Waals surface area contributed by atoms with Crippen LogP contribution in [0, 0.1) is 5.41 Å². The van der Waals surface area contributed by atoms with Gasteiger partial charge in [-0.15, -0.1) is 0 Å². The number of allylic oxidation sites excluding steroid dienone is 2. The normalized spacial score (nSPS) is 22.1. The van der Waals surface area contributed by atoms with Gasteiger partial charge in [-0.2, -0.15) is 0 Å². The summed E-state index contributed by atoms with van der Waals surface area (Å²) >= 11 is 0. The Morgan fingerprint density at radius 3 is 2.29 bits per heavy atom. The van der Waals surface area contributed by atoms with E-state index in [0.29, 0.717) is 12.0 Å². The third kappa shape index (κ3) is 3.74. The molecule has 0 aliphatic heterocycles. The molecule has 21 heavy (non-hydrogen) atoms. The second-order valence-electron chi connectivity index (χ2n) is 5.91. The van der Waals surface area contributed by atoms with Crippen LogP contribution in [0.2, 0.25) is 0 Å². The molecule has 0 bridgehead atoms. The van der Waals surface area contributed by atoms with Crippen molar-refractivity contribution in [2.24, 2.45) is 5.41 Å². The maximum Gasteiger partial charge on any atom is 0.331 e. The second-order valence-corrected chi connectivity index (χ2v) is 5.91. The lowest BCUT2D eigenvalue weighted by Crippen LogP contribution is -2.37. The van der Waals surface area contributed by atoms with E-state index in [9.17, 15) is 19.8 Å². The van der Waals surface area contributed by atoms with Gasteiger partial charge in [0.25, 0.3) is 0 Å². The number of hydrogen-bond donors (Lipinski definition) is 2. The fourth-order valence-corrected chi connectivity index (χ4v) is 3.01. The highest BCUT2D eigenvalue weighted by molar-refractivity contribution is 5.92. The average Bonchev–Trinajstić information content (AvgIpc) is 2.43. The van der Waals surface area contributed by atoms with E-state index < -0.39 is 17.4 Å². The molecule has 0 aromatic heterocycles. The largest absolute Gasteiger partial charge is 0.481 e. The number of carbonyl (C=O) groups is 2. The van der Waals surface area contributed by atoms with E-state index in [1.807, 2.05) is 13.0 Å². The van der Waals surface area contributed by atoms with Crippen molar-refractivity contribution in [3.63, 3.8) is 0 Å². The first-order valence-electron chi connectivity index (χ1n) is 7.76. The zero-order valence-corrected chi connectivity index (χ0v) is 13.2. The van der Waals surface area contributed by atoms with Crippen molar-refractivity contribution < 1.29 is 19.8 Å². The lowest BCUT2D eigenvalue weighted by atomic mass is 9.66. The number of hydrogen-bond acceptors (Lipinski definition) is 2. The zero-order chi connectivity index (χ0) is 16.0. The Bertz CT molecular complexity index is 473. The molecule has 0 saturated heterocycles. The summed E-state index contributed by atoms with van der Waals surface area (Å²) in [6, 6.07) is 0. The van der Waals surface area contributed by atoms with E-state index in [1.54, 1.807) is 6.92 Å². The Morgan fingerprint density at radius 2 is 1.81 bits per heavy atom. The van der Waals surface area contributed by atoms with Gasteiger partial charge in [0.15, 0.2) is 0 Å². The molecule has 0 radical (unpaired) electrons. The summed E-state index contributed by atoms with van der Waals surface area (Å²) in [5.41, 5.74) is 0.807. The van der Waals surface area contributed by atoms with Crippen molar-refractivity contribution >= 4 is 11.9 Å². The molecule has 0 amide bonds. The molecule has 0 fully saturated rings. The van der Waals surface area contributed by atoms with Crippen LogP contribution in [0.25, 0.3) is 0 Å². The van der Waals surface area contributed by atoms with E-state index in [1.165, 1.54) is 0 Å². The SMILES string of the molecule is CCCCC1=CC(C)=C(C(=O)O)CC1(CCCC)C(=O)O. The fourth-order valence-electron chi connectivity index (χ4n) is 3.01. The fraction of sp³-hybridized carbons (Fsp3) is 0.647. The molecule has 4 heteroatoms. The first kappa shape index (κ1) is 17.5. The molecule has 1 unspecified atom stereocenters. The predicted octanol–water partition coefficient (Wildman–Crippen LogP) is 4.17. The Kier molecular flexibility index (Phi) is 6.19. The van der Waals surface area contributed by atoms with Crippen LogP contribution in [0.3, 0.4) is 0 Å².